The first-order valence-corrected chi connectivity index (χ1v) is 4.87. The van der Waals surface area contributed by atoms with Crippen LogP contribution in [0.25, 0.3) is 0 Å². The van der Waals surface area contributed by atoms with E-state index in [0.717, 1.165) is 0 Å². The van der Waals surface area contributed by atoms with Crippen molar-refractivity contribution in [3.63, 3.8) is 0 Å². The van der Waals surface area contributed by atoms with Crippen molar-refractivity contribution in [3.8, 4) is 0 Å². The maximum Gasteiger partial charge on any atom is 0.111 e. The van der Waals surface area contributed by atoms with Gasteiger partial charge in [0.05, 0.1) is 25.9 Å². The molecule has 15 heavy (non-hydrogen) atoms. The highest BCUT2D eigenvalue weighted by Gasteiger charge is 2.37. The smallest absolute Gasteiger partial charge is 0.111 e. The second-order valence-corrected chi connectivity index (χ2v) is 3.73. The van der Waals surface area contributed by atoms with Crippen molar-refractivity contribution >= 4 is 0 Å². The highest BCUT2D eigenvalue weighted by molar-refractivity contribution is 4.87. The van der Waals surface area contributed by atoms with Crippen molar-refractivity contribution in [2.24, 2.45) is 5.92 Å². The van der Waals surface area contributed by atoms with Crippen molar-refractivity contribution in [1.29, 1.82) is 0 Å². The predicted molar refractivity (Wildman–Crippen MR) is 50.2 cm³/mol. The monoisotopic (exact) mass is 222 g/mol. The molecule has 1 saturated heterocycles. The van der Waals surface area contributed by atoms with Crippen molar-refractivity contribution in [2.75, 3.05) is 26.9 Å². The predicted octanol–water partition coefficient (Wildman–Crippen LogP) is -2.28. The van der Waals surface area contributed by atoms with Gasteiger partial charge in [-0.1, -0.05) is 0 Å². The van der Waals surface area contributed by atoms with Gasteiger partial charge in [-0.05, 0) is 0 Å². The molecule has 5 unspecified atom stereocenters. The van der Waals surface area contributed by atoms with E-state index in [-0.39, 0.29) is 19.8 Å². The Hall–Kier alpha value is -0.240. The van der Waals surface area contributed by atoms with E-state index >= 15 is 0 Å². The highest BCUT2D eigenvalue weighted by atomic mass is 16.5. The summed E-state index contributed by atoms with van der Waals surface area (Å²) in [7, 11) is 1.39. The zero-order chi connectivity index (χ0) is 11.4. The molecule has 1 rings (SSSR count). The van der Waals surface area contributed by atoms with Gasteiger partial charge in [0.15, 0.2) is 0 Å². The topological polar surface area (TPSA) is 99.4 Å². The van der Waals surface area contributed by atoms with E-state index < -0.39 is 30.3 Å². The maximum absolute atomic E-state index is 9.63. The lowest BCUT2D eigenvalue weighted by molar-refractivity contribution is -0.171. The van der Waals surface area contributed by atoms with Crippen LogP contribution in [0, 0.1) is 5.92 Å². The third-order valence-electron chi connectivity index (χ3n) is 2.72. The summed E-state index contributed by atoms with van der Waals surface area (Å²) in [5.74, 6) is -0.590. The molecular formula is C9H18O6. The van der Waals surface area contributed by atoms with Crippen molar-refractivity contribution in [2.45, 2.75) is 24.4 Å². The zero-order valence-electron chi connectivity index (χ0n) is 8.61. The van der Waals surface area contributed by atoms with Crippen molar-refractivity contribution < 1.29 is 29.9 Å². The Morgan fingerprint density at radius 3 is 2.33 bits per heavy atom. The molecular weight excluding hydrogens is 204 g/mol. The number of aliphatic hydroxyl groups is 4. The van der Waals surface area contributed by atoms with E-state index in [1.165, 1.54) is 7.11 Å². The largest absolute Gasteiger partial charge is 0.396 e. The fourth-order valence-corrected chi connectivity index (χ4v) is 1.60. The average molecular weight is 222 g/mol. The van der Waals surface area contributed by atoms with Gasteiger partial charge in [0.1, 0.15) is 18.3 Å². The van der Waals surface area contributed by atoms with Gasteiger partial charge in [0, 0.05) is 13.0 Å². The minimum Gasteiger partial charge on any atom is -0.396 e. The first-order chi connectivity index (χ1) is 7.11. The summed E-state index contributed by atoms with van der Waals surface area (Å²) in [5, 5.41) is 37.8. The Morgan fingerprint density at radius 1 is 1.13 bits per heavy atom. The van der Waals surface area contributed by atoms with Crippen LogP contribution in [0.2, 0.25) is 0 Å². The van der Waals surface area contributed by atoms with Gasteiger partial charge in [-0.3, -0.25) is 0 Å². The second-order valence-electron chi connectivity index (χ2n) is 3.73. The lowest BCUT2D eigenvalue weighted by Gasteiger charge is -2.34. The average Bonchev–Trinajstić information content (AvgIpc) is 2.26. The van der Waals surface area contributed by atoms with Crippen molar-refractivity contribution in [3.05, 3.63) is 0 Å². The normalized spacial score (nSPS) is 43.4. The van der Waals surface area contributed by atoms with Crippen LogP contribution in [0.15, 0.2) is 0 Å². The minimum atomic E-state index is -1.34. The number of methoxy groups -OCH3 is 1. The van der Waals surface area contributed by atoms with E-state index in [9.17, 15) is 15.3 Å². The van der Waals surface area contributed by atoms with Crippen LogP contribution < -0.4 is 0 Å². The lowest BCUT2D eigenvalue weighted by atomic mass is 9.92. The SMILES string of the molecule is COC1COCC(CO)C(O)C(O)C1O. The Kier molecular flexibility index (Phi) is 4.91. The molecule has 0 aliphatic carbocycles. The summed E-state index contributed by atoms with van der Waals surface area (Å²) in [4.78, 5) is 0. The summed E-state index contributed by atoms with van der Waals surface area (Å²) >= 11 is 0. The van der Waals surface area contributed by atoms with Gasteiger partial charge in [0.2, 0.25) is 0 Å². The van der Waals surface area contributed by atoms with Crippen LogP contribution in [-0.4, -0.2) is 71.8 Å². The first-order valence-electron chi connectivity index (χ1n) is 4.87. The summed E-state index contributed by atoms with van der Waals surface area (Å²) in [6, 6.07) is 0. The molecule has 0 aromatic carbocycles. The van der Waals surface area contributed by atoms with Crippen LogP contribution in [0.4, 0.5) is 0 Å². The van der Waals surface area contributed by atoms with Gasteiger partial charge in [-0.2, -0.15) is 0 Å². The van der Waals surface area contributed by atoms with Crippen LogP contribution in [0.3, 0.4) is 0 Å². The van der Waals surface area contributed by atoms with Gasteiger partial charge in [-0.15, -0.1) is 0 Å². The van der Waals surface area contributed by atoms with E-state index in [2.05, 4.69) is 0 Å². The van der Waals surface area contributed by atoms with Gasteiger partial charge in [0.25, 0.3) is 0 Å². The molecule has 1 fully saturated rings. The molecule has 6 heteroatoms. The Labute approximate surface area is 88.1 Å². The molecule has 0 spiro atoms. The highest BCUT2D eigenvalue weighted by Crippen LogP contribution is 2.18. The van der Waals surface area contributed by atoms with E-state index in [0.29, 0.717) is 0 Å². The molecule has 0 saturated carbocycles. The molecule has 1 aliphatic rings. The van der Waals surface area contributed by atoms with E-state index in [4.69, 9.17) is 14.6 Å². The summed E-state index contributed by atoms with van der Waals surface area (Å²) < 4.78 is 10.1. The molecule has 0 amide bonds. The quantitative estimate of drug-likeness (QED) is 0.420. The number of rotatable bonds is 2. The molecule has 1 heterocycles. The summed E-state index contributed by atoms with van der Waals surface area (Å²) in [5.41, 5.74) is 0. The molecule has 0 bridgehead atoms. The standard InChI is InChI=1S/C9H18O6/c1-14-6-4-15-3-5(2-10)7(11)9(13)8(6)12/h5-13H,2-4H2,1H3. The Bertz CT molecular complexity index is 169. The number of hydrogen-bond acceptors (Lipinski definition) is 6. The Balaban J connectivity index is 2.69. The van der Waals surface area contributed by atoms with Gasteiger partial charge in [-0.25, -0.2) is 0 Å². The third-order valence-corrected chi connectivity index (χ3v) is 2.72. The molecule has 5 atom stereocenters. The summed E-state index contributed by atoms with van der Waals surface area (Å²) in [6.45, 7) is -0.0537. The summed E-state index contributed by atoms with van der Waals surface area (Å²) in [6.07, 6.45) is -4.45. The number of aliphatic hydroxyl groups excluding tert-OH is 4. The van der Waals surface area contributed by atoms with Crippen LogP contribution in [0.1, 0.15) is 0 Å². The van der Waals surface area contributed by atoms with E-state index in [1.54, 1.807) is 0 Å². The van der Waals surface area contributed by atoms with E-state index in [1.807, 2.05) is 0 Å². The molecule has 1 aliphatic heterocycles. The molecule has 4 N–H and O–H groups in total. The molecule has 90 valence electrons. The van der Waals surface area contributed by atoms with Crippen LogP contribution in [-0.2, 0) is 9.47 Å². The zero-order valence-corrected chi connectivity index (χ0v) is 8.61. The molecule has 0 radical (unpaired) electrons. The lowest BCUT2D eigenvalue weighted by Crippen LogP contribution is -2.52. The fourth-order valence-electron chi connectivity index (χ4n) is 1.60. The second kappa shape index (κ2) is 5.74. The fraction of sp³-hybridized carbons (Fsp3) is 1.00. The maximum atomic E-state index is 9.63. The van der Waals surface area contributed by atoms with Crippen LogP contribution >= 0.6 is 0 Å². The molecule has 0 aromatic heterocycles. The van der Waals surface area contributed by atoms with Gasteiger partial charge >= 0.3 is 0 Å². The van der Waals surface area contributed by atoms with Gasteiger partial charge < -0.3 is 29.9 Å². The van der Waals surface area contributed by atoms with Crippen molar-refractivity contribution in [1.82, 2.24) is 0 Å². The Morgan fingerprint density at radius 2 is 1.80 bits per heavy atom. The minimum absolute atomic E-state index is 0.123. The number of ether oxygens (including phenoxy) is 2. The molecule has 6 nitrogen and oxygen atoms in total. The third kappa shape index (κ3) is 2.87. The number of hydrogen-bond donors (Lipinski definition) is 4. The van der Waals surface area contributed by atoms with Crippen LogP contribution in [0.5, 0.6) is 0 Å². The first kappa shape index (κ1) is 12.8. The molecule has 0 aromatic rings.